The minimum Gasteiger partial charge on any atom is -0.481 e. The number of hydrogen-bond acceptors (Lipinski definition) is 3. The van der Waals surface area contributed by atoms with Gasteiger partial charge in [0.1, 0.15) is 0 Å². The van der Waals surface area contributed by atoms with Crippen LogP contribution in [0.1, 0.15) is 40.0 Å². The molecule has 0 amide bonds. The van der Waals surface area contributed by atoms with E-state index in [9.17, 15) is 24.9 Å². The van der Waals surface area contributed by atoms with E-state index >= 15 is 0 Å². The first-order valence-electron chi connectivity index (χ1n) is 5.65. The lowest BCUT2D eigenvalue weighted by Gasteiger charge is -2.48. The van der Waals surface area contributed by atoms with Crippen molar-refractivity contribution in [2.75, 3.05) is 6.61 Å². The average Bonchev–Trinajstić information content (AvgIpc) is 2.15. The van der Waals surface area contributed by atoms with E-state index in [-0.39, 0.29) is 13.0 Å². The Kier molecular flexibility index (Phi) is 3.27. The standard InChI is InChI=1S/C12H20O5/c1-10(7-13)4-11(2,8(14)15)6-12(3,5-10)9(16)17/h13H,4-7H2,1-3H3,(H,14,15)(H,16,17). The molecule has 1 aliphatic rings. The molecule has 3 N–H and O–H groups in total. The van der Waals surface area contributed by atoms with Crippen LogP contribution in [0.4, 0.5) is 0 Å². The number of carbonyl (C=O) groups is 2. The Morgan fingerprint density at radius 2 is 1.29 bits per heavy atom. The summed E-state index contributed by atoms with van der Waals surface area (Å²) in [7, 11) is 0. The normalized spacial score (nSPS) is 42.1. The molecule has 1 aliphatic carbocycles. The molecule has 1 fully saturated rings. The smallest absolute Gasteiger partial charge is 0.309 e. The monoisotopic (exact) mass is 244 g/mol. The lowest BCUT2D eigenvalue weighted by molar-refractivity contribution is -0.169. The molecule has 0 saturated heterocycles. The van der Waals surface area contributed by atoms with Gasteiger partial charge in [0.25, 0.3) is 0 Å². The van der Waals surface area contributed by atoms with E-state index in [4.69, 9.17) is 0 Å². The molecule has 0 aromatic rings. The summed E-state index contributed by atoms with van der Waals surface area (Å²) in [5.41, 5.74) is -2.84. The summed E-state index contributed by atoms with van der Waals surface area (Å²) in [4.78, 5) is 22.6. The first-order chi connectivity index (χ1) is 7.57. The second-order valence-electron chi connectivity index (χ2n) is 6.23. The third-order valence-electron chi connectivity index (χ3n) is 3.83. The Bertz CT molecular complexity index is 323. The summed E-state index contributed by atoms with van der Waals surface area (Å²) >= 11 is 0. The summed E-state index contributed by atoms with van der Waals surface area (Å²) in [6.07, 6.45) is 0.698. The highest BCUT2D eigenvalue weighted by atomic mass is 16.4. The van der Waals surface area contributed by atoms with E-state index < -0.39 is 28.2 Å². The van der Waals surface area contributed by atoms with Crippen molar-refractivity contribution in [1.29, 1.82) is 0 Å². The fraction of sp³-hybridized carbons (Fsp3) is 0.833. The molecule has 0 aliphatic heterocycles. The molecule has 0 spiro atoms. The third kappa shape index (κ3) is 2.44. The Morgan fingerprint density at radius 3 is 1.53 bits per heavy atom. The van der Waals surface area contributed by atoms with Crippen LogP contribution in [0.2, 0.25) is 0 Å². The Labute approximate surface area is 100 Å². The zero-order chi connectivity index (χ0) is 13.5. The Morgan fingerprint density at radius 1 is 0.941 bits per heavy atom. The summed E-state index contributed by atoms with van der Waals surface area (Å²) in [5.74, 6) is -1.99. The van der Waals surface area contributed by atoms with Gasteiger partial charge in [-0.1, -0.05) is 6.92 Å². The fourth-order valence-electron chi connectivity index (χ4n) is 3.35. The van der Waals surface area contributed by atoms with Crippen molar-refractivity contribution in [1.82, 2.24) is 0 Å². The van der Waals surface area contributed by atoms with Crippen molar-refractivity contribution in [2.24, 2.45) is 16.2 Å². The van der Waals surface area contributed by atoms with Gasteiger partial charge in [-0.05, 0) is 38.5 Å². The minimum atomic E-state index is -1.09. The summed E-state index contributed by atoms with van der Waals surface area (Å²) in [5, 5.41) is 27.9. The Balaban J connectivity index is 3.17. The van der Waals surface area contributed by atoms with Gasteiger partial charge < -0.3 is 15.3 Å². The molecule has 1 saturated carbocycles. The maximum absolute atomic E-state index is 11.3. The van der Waals surface area contributed by atoms with Gasteiger partial charge >= 0.3 is 11.9 Å². The van der Waals surface area contributed by atoms with Gasteiger partial charge in [-0.15, -0.1) is 0 Å². The second-order valence-corrected chi connectivity index (χ2v) is 6.23. The predicted octanol–water partition coefficient (Wildman–Crippen LogP) is 1.35. The lowest BCUT2D eigenvalue weighted by atomic mass is 9.54. The highest BCUT2D eigenvalue weighted by molar-refractivity contribution is 5.79. The predicted molar refractivity (Wildman–Crippen MR) is 60.5 cm³/mol. The first-order valence-corrected chi connectivity index (χ1v) is 5.65. The molecule has 5 nitrogen and oxygen atoms in total. The van der Waals surface area contributed by atoms with Crippen LogP contribution < -0.4 is 0 Å². The van der Waals surface area contributed by atoms with Crippen LogP contribution in [-0.4, -0.2) is 33.9 Å². The highest BCUT2D eigenvalue weighted by Gasteiger charge is 2.55. The van der Waals surface area contributed by atoms with Crippen molar-refractivity contribution in [3.8, 4) is 0 Å². The van der Waals surface area contributed by atoms with Crippen LogP contribution in [0, 0.1) is 16.2 Å². The number of hydrogen-bond donors (Lipinski definition) is 3. The molecule has 0 aromatic carbocycles. The molecule has 17 heavy (non-hydrogen) atoms. The van der Waals surface area contributed by atoms with Crippen LogP contribution in [0.15, 0.2) is 0 Å². The van der Waals surface area contributed by atoms with Gasteiger partial charge in [0.2, 0.25) is 0 Å². The zero-order valence-electron chi connectivity index (χ0n) is 10.5. The molecular weight excluding hydrogens is 224 g/mol. The number of rotatable bonds is 3. The zero-order valence-corrected chi connectivity index (χ0v) is 10.5. The summed E-state index contributed by atoms with van der Waals surface area (Å²) in [6.45, 7) is 4.67. The number of aliphatic carboxylic acids is 2. The number of carboxylic acids is 2. The van der Waals surface area contributed by atoms with E-state index in [1.165, 1.54) is 0 Å². The Hall–Kier alpha value is -1.10. The molecule has 5 heteroatoms. The molecular formula is C12H20O5. The van der Waals surface area contributed by atoms with Gasteiger partial charge in [0.15, 0.2) is 0 Å². The minimum absolute atomic E-state index is 0.0975. The van der Waals surface area contributed by atoms with E-state index in [0.29, 0.717) is 12.8 Å². The van der Waals surface area contributed by atoms with E-state index in [0.717, 1.165) is 0 Å². The largest absolute Gasteiger partial charge is 0.481 e. The van der Waals surface area contributed by atoms with Gasteiger partial charge in [0.05, 0.1) is 10.8 Å². The summed E-state index contributed by atoms with van der Waals surface area (Å²) < 4.78 is 0. The van der Waals surface area contributed by atoms with Crippen LogP contribution in [0.5, 0.6) is 0 Å². The second kappa shape index (κ2) is 3.98. The van der Waals surface area contributed by atoms with Crippen molar-refractivity contribution in [2.45, 2.75) is 40.0 Å². The van der Waals surface area contributed by atoms with Crippen LogP contribution in [0.3, 0.4) is 0 Å². The topological polar surface area (TPSA) is 94.8 Å². The van der Waals surface area contributed by atoms with Gasteiger partial charge in [-0.3, -0.25) is 9.59 Å². The van der Waals surface area contributed by atoms with E-state index in [1.54, 1.807) is 20.8 Å². The SMILES string of the molecule is CC1(CO)CC(C)(C(=O)O)CC(C)(C(=O)O)C1. The van der Waals surface area contributed by atoms with Crippen LogP contribution in [-0.2, 0) is 9.59 Å². The maximum atomic E-state index is 11.3. The highest BCUT2D eigenvalue weighted by Crippen LogP contribution is 2.54. The molecule has 0 aromatic heterocycles. The van der Waals surface area contributed by atoms with Crippen LogP contribution >= 0.6 is 0 Å². The molecule has 2 unspecified atom stereocenters. The number of aliphatic hydroxyl groups excluding tert-OH is 1. The van der Waals surface area contributed by atoms with Gasteiger partial charge in [0, 0.05) is 6.61 Å². The van der Waals surface area contributed by atoms with Crippen LogP contribution in [0.25, 0.3) is 0 Å². The quantitative estimate of drug-likeness (QED) is 0.696. The molecule has 0 heterocycles. The summed E-state index contributed by atoms with van der Waals surface area (Å²) in [6, 6.07) is 0. The average molecular weight is 244 g/mol. The van der Waals surface area contributed by atoms with Crippen molar-refractivity contribution < 1.29 is 24.9 Å². The van der Waals surface area contributed by atoms with Crippen molar-refractivity contribution in [3.05, 3.63) is 0 Å². The number of aliphatic hydroxyl groups is 1. The van der Waals surface area contributed by atoms with Crippen molar-refractivity contribution in [3.63, 3.8) is 0 Å². The maximum Gasteiger partial charge on any atom is 0.309 e. The molecule has 0 radical (unpaired) electrons. The lowest BCUT2D eigenvalue weighted by Crippen LogP contribution is -2.50. The first kappa shape index (κ1) is 14.0. The molecule has 2 atom stereocenters. The van der Waals surface area contributed by atoms with Crippen molar-refractivity contribution >= 4 is 11.9 Å². The van der Waals surface area contributed by atoms with Gasteiger partial charge in [-0.25, -0.2) is 0 Å². The molecule has 1 rings (SSSR count). The number of carboxylic acid groups (broad SMARTS) is 2. The third-order valence-corrected chi connectivity index (χ3v) is 3.83. The van der Waals surface area contributed by atoms with E-state index in [2.05, 4.69) is 0 Å². The van der Waals surface area contributed by atoms with Gasteiger partial charge in [-0.2, -0.15) is 0 Å². The van der Waals surface area contributed by atoms with E-state index in [1.807, 2.05) is 0 Å². The molecule has 98 valence electrons. The fourth-order valence-corrected chi connectivity index (χ4v) is 3.35. The molecule has 0 bridgehead atoms.